The van der Waals surface area contributed by atoms with Gasteiger partial charge >= 0.3 is 0 Å². The normalized spacial score (nSPS) is 24.9. The van der Waals surface area contributed by atoms with Gasteiger partial charge in [0.15, 0.2) is 0 Å². The monoisotopic (exact) mass is 210 g/mol. The van der Waals surface area contributed by atoms with Crippen LogP contribution in [0.5, 0.6) is 0 Å². The largest absolute Gasteiger partial charge is 0.149 e. The Labute approximate surface area is 92.4 Å². The van der Waals surface area contributed by atoms with E-state index in [4.69, 9.17) is 0 Å². The van der Waals surface area contributed by atoms with Crippen molar-refractivity contribution in [1.82, 2.24) is 0 Å². The van der Waals surface area contributed by atoms with Crippen LogP contribution in [0.25, 0.3) is 0 Å². The predicted molar refractivity (Wildman–Crippen MR) is 66.2 cm³/mol. The van der Waals surface area contributed by atoms with E-state index in [2.05, 4.69) is 25.3 Å². The van der Waals surface area contributed by atoms with Gasteiger partial charge in [0.2, 0.25) is 0 Å². The predicted octanol–water partition coefficient (Wildman–Crippen LogP) is 4.78. The molecule has 1 unspecified atom stereocenters. The van der Waals surface area contributed by atoms with Gasteiger partial charge in [-0.05, 0) is 48.1 Å². The Bertz CT molecular complexity index is 275. The molecule has 0 fully saturated rings. The Morgan fingerprint density at radius 3 is 2.79 bits per heavy atom. The molecule has 0 bridgehead atoms. The summed E-state index contributed by atoms with van der Waals surface area (Å²) < 4.78 is 0. The van der Waals surface area contributed by atoms with E-state index in [1.54, 1.807) is 10.4 Å². The Morgan fingerprint density at radius 1 is 1.43 bits per heavy atom. The second kappa shape index (κ2) is 4.97. The Kier molecular flexibility index (Phi) is 4.18. The molecular weight excluding hydrogens is 188 g/mol. The molecule has 0 spiro atoms. The highest BCUT2D eigenvalue weighted by atomic mass is 32.1. The van der Waals surface area contributed by atoms with Crippen LogP contribution in [-0.4, -0.2) is 0 Å². The zero-order valence-corrected chi connectivity index (χ0v) is 10.7. The van der Waals surface area contributed by atoms with Gasteiger partial charge in [0, 0.05) is 4.88 Å². The Balaban J connectivity index is 0.000000461. The van der Waals surface area contributed by atoms with Crippen LogP contribution < -0.4 is 0 Å². The number of hydrogen-bond acceptors (Lipinski definition) is 1. The summed E-state index contributed by atoms with van der Waals surface area (Å²) in [5, 5.41) is 2.25. The molecule has 0 aliphatic heterocycles. The molecule has 1 heterocycles. The third-order valence-electron chi connectivity index (χ3n) is 3.31. The summed E-state index contributed by atoms with van der Waals surface area (Å²) in [7, 11) is 0. The molecule has 2 rings (SSSR count). The first-order chi connectivity index (χ1) is 6.76. The van der Waals surface area contributed by atoms with Crippen molar-refractivity contribution >= 4 is 11.3 Å². The van der Waals surface area contributed by atoms with Gasteiger partial charge in [0.1, 0.15) is 0 Å². The van der Waals surface area contributed by atoms with E-state index in [-0.39, 0.29) is 0 Å². The summed E-state index contributed by atoms with van der Waals surface area (Å²) in [5.74, 6) is 0. The standard InChI is InChI=1S/C11H16S.C2H6/c1-3-11(2)7-4-5-10-9(11)6-8-12-10;1-2/h6,8H,3-5,7H2,1-2H3;1-2H3. The molecule has 0 amide bonds. The SMILES string of the molecule is CC.CCC1(C)CCCc2sccc21. The van der Waals surface area contributed by atoms with Gasteiger partial charge in [-0.15, -0.1) is 11.3 Å². The molecule has 1 aromatic heterocycles. The van der Waals surface area contributed by atoms with E-state index in [1.165, 1.54) is 25.7 Å². The van der Waals surface area contributed by atoms with Crippen molar-refractivity contribution < 1.29 is 0 Å². The molecule has 14 heavy (non-hydrogen) atoms. The fraction of sp³-hybridized carbons (Fsp3) is 0.692. The van der Waals surface area contributed by atoms with Crippen LogP contribution in [0, 0.1) is 0 Å². The highest BCUT2D eigenvalue weighted by Gasteiger charge is 2.30. The third kappa shape index (κ3) is 2.03. The number of hydrogen-bond donors (Lipinski definition) is 0. The molecule has 1 atom stereocenters. The molecular formula is C13H22S. The smallest absolute Gasteiger partial charge is 0.00827 e. The zero-order chi connectivity index (χ0) is 10.6. The maximum Gasteiger partial charge on any atom is 0.00827 e. The fourth-order valence-electron chi connectivity index (χ4n) is 2.21. The van der Waals surface area contributed by atoms with Crippen molar-refractivity contribution in [1.29, 1.82) is 0 Å². The topological polar surface area (TPSA) is 0 Å². The minimum absolute atomic E-state index is 0.494. The summed E-state index contributed by atoms with van der Waals surface area (Å²) in [6.45, 7) is 8.73. The first-order valence-corrected chi connectivity index (χ1v) is 6.71. The maximum atomic E-state index is 2.41. The van der Waals surface area contributed by atoms with Gasteiger partial charge < -0.3 is 0 Å². The van der Waals surface area contributed by atoms with Crippen LogP contribution in [0.15, 0.2) is 11.4 Å². The Morgan fingerprint density at radius 2 is 2.14 bits per heavy atom. The van der Waals surface area contributed by atoms with Gasteiger partial charge in [-0.2, -0.15) is 0 Å². The summed E-state index contributed by atoms with van der Waals surface area (Å²) in [5.41, 5.74) is 2.13. The quantitative estimate of drug-likeness (QED) is 0.626. The third-order valence-corrected chi connectivity index (χ3v) is 4.29. The molecule has 1 aromatic rings. The first-order valence-electron chi connectivity index (χ1n) is 5.83. The van der Waals surface area contributed by atoms with Crippen molar-refractivity contribution in [3.05, 3.63) is 21.9 Å². The molecule has 80 valence electrons. The second-order valence-corrected chi connectivity index (χ2v) is 5.03. The molecule has 1 heteroatoms. The van der Waals surface area contributed by atoms with Crippen LogP contribution in [0.3, 0.4) is 0 Å². The average Bonchev–Trinajstić information content (AvgIpc) is 2.71. The van der Waals surface area contributed by atoms with Crippen LogP contribution in [0.4, 0.5) is 0 Å². The van der Waals surface area contributed by atoms with Gasteiger partial charge in [-0.3, -0.25) is 0 Å². The minimum Gasteiger partial charge on any atom is -0.149 e. The van der Waals surface area contributed by atoms with Crippen LogP contribution in [0.1, 0.15) is 57.4 Å². The molecule has 0 saturated carbocycles. The van der Waals surface area contributed by atoms with Crippen molar-refractivity contribution in [3.63, 3.8) is 0 Å². The van der Waals surface area contributed by atoms with Gasteiger partial charge in [-0.1, -0.05) is 27.7 Å². The van der Waals surface area contributed by atoms with Gasteiger partial charge in [0.25, 0.3) is 0 Å². The van der Waals surface area contributed by atoms with E-state index >= 15 is 0 Å². The van der Waals surface area contributed by atoms with Crippen LogP contribution >= 0.6 is 11.3 Å². The Hall–Kier alpha value is -0.300. The summed E-state index contributed by atoms with van der Waals surface area (Å²) in [4.78, 5) is 1.64. The average molecular weight is 210 g/mol. The fourth-order valence-corrected chi connectivity index (χ4v) is 3.28. The molecule has 0 saturated heterocycles. The lowest BCUT2D eigenvalue weighted by Crippen LogP contribution is -2.25. The number of rotatable bonds is 1. The van der Waals surface area contributed by atoms with Gasteiger partial charge in [0.05, 0.1) is 0 Å². The lowest BCUT2D eigenvalue weighted by Gasteiger charge is -2.32. The minimum atomic E-state index is 0.494. The number of fused-ring (bicyclic) bond motifs is 1. The maximum absolute atomic E-state index is 2.41. The van der Waals surface area contributed by atoms with E-state index < -0.39 is 0 Å². The summed E-state index contributed by atoms with van der Waals surface area (Å²) >= 11 is 1.94. The highest BCUT2D eigenvalue weighted by Crippen LogP contribution is 2.41. The lowest BCUT2D eigenvalue weighted by molar-refractivity contribution is 0.385. The van der Waals surface area contributed by atoms with Crippen molar-refractivity contribution in [2.75, 3.05) is 0 Å². The number of aryl methyl sites for hydroxylation is 1. The van der Waals surface area contributed by atoms with Crippen molar-refractivity contribution in [2.24, 2.45) is 0 Å². The van der Waals surface area contributed by atoms with E-state index in [9.17, 15) is 0 Å². The highest BCUT2D eigenvalue weighted by molar-refractivity contribution is 7.10. The summed E-state index contributed by atoms with van der Waals surface area (Å²) in [6.07, 6.45) is 5.38. The molecule has 1 aliphatic rings. The molecule has 1 aliphatic carbocycles. The molecule has 0 nitrogen and oxygen atoms in total. The second-order valence-electron chi connectivity index (χ2n) is 4.03. The van der Waals surface area contributed by atoms with E-state index in [0.29, 0.717) is 5.41 Å². The zero-order valence-electron chi connectivity index (χ0n) is 9.89. The van der Waals surface area contributed by atoms with E-state index in [1.807, 2.05) is 25.2 Å². The molecule has 0 radical (unpaired) electrons. The van der Waals surface area contributed by atoms with Gasteiger partial charge in [-0.25, -0.2) is 0 Å². The van der Waals surface area contributed by atoms with Crippen LogP contribution in [0.2, 0.25) is 0 Å². The van der Waals surface area contributed by atoms with E-state index in [0.717, 1.165) is 0 Å². The first kappa shape index (κ1) is 11.8. The molecule has 0 aromatic carbocycles. The number of thiophene rings is 1. The van der Waals surface area contributed by atoms with Crippen molar-refractivity contribution in [3.8, 4) is 0 Å². The molecule has 0 N–H and O–H groups in total. The van der Waals surface area contributed by atoms with Crippen molar-refractivity contribution in [2.45, 2.75) is 58.8 Å². The summed E-state index contributed by atoms with van der Waals surface area (Å²) in [6, 6.07) is 2.34. The van der Waals surface area contributed by atoms with Crippen LogP contribution in [-0.2, 0) is 11.8 Å². The lowest BCUT2D eigenvalue weighted by atomic mass is 9.72.